The molecule has 0 nitrogen and oxygen atoms in total. The first-order valence-electron chi connectivity index (χ1n) is 11.5. The van der Waals surface area contributed by atoms with Gasteiger partial charge in [0.05, 0.1) is 0 Å². The zero-order valence-electron chi connectivity index (χ0n) is 17.7. The Balaban J connectivity index is 1.59. The van der Waals surface area contributed by atoms with E-state index in [9.17, 15) is 0 Å². The summed E-state index contributed by atoms with van der Waals surface area (Å²) in [5, 5.41) is 8.29. The van der Waals surface area contributed by atoms with Crippen molar-refractivity contribution >= 4 is 32.3 Å². The molecule has 0 saturated carbocycles. The van der Waals surface area contributed by atoms with Gasteiger partial charge in [0.1, 0.15) is 0 Å². The van der Waals surface area contributed by atoms with Crippen LogP contribution in [0, 0.1) is 0 Å². The minimum Gasteiger partial charge on any atom is -0.0619 e. The fourth-order valence-electron chi connectivity index (χ4n) is 6.29. The molecule has 0 radical (unpaired) electrons. The zero-order valence-corrected chi connectivity index (χ0v) is 17.7. The topological polar surface area (TPSA) is 0 Å². The van der Waals surface area contributed by atoms with E-state index in [1.165, 1.54) is 76.8 Å². The minimum absolute atomic E-state index is 1.03. The third kappa shape index (κ3) is 2.03. The van der Waals surface area contributed by atoms with Crippen LogP contribution in [0.25, 0.3) is 54.6 Å². The summed E-state index contributed by atoms with van der Waals surface area (Å²) in [6.45, 7) is 0. The molecule has 0 heteroatoms. The highest BCUT2D eigenvalue weighted by Gasteiger charge is 2.24. The van der Waals surface area contributed by atoms with Gasteiger partial charge >= 0.3 is 0 Å². The predicted octanol–water partition coefficient (Wildman–Crippen LogP) is 8.29. The average Bonchev–Trinajstić information content (AvgIpc) is 3.40. The normalized spacial score (nSPS) is 13.4. The Hall–Kier alpha value is -3.90. The summed E-state index contributed by atoms with van der Waals surface area (Å²) in [6, 6.07) is 36.5. The van der Waals surface area contributed by atoms with Gasteiger partial charge < -0.3 is 0 Å². The summed E-state index contributed by atoms with van der Waals surface area (Å²) in [4.78, 5) is 0. The van der Waals surface area contributed by atoms with Crippen LogP contribution in [-0.4, -0.2) is 0 Å². The number of rotatable bonds is 0. The van der Waals surface area contributed by atoms with Gasteiger partial charge in [0, 0.05) is 0 Å². The highest BCUT2D eigenvalue weighted by Crippen LogP contribution is 2.48. The molecule has 6 aromatic rings. The molecule has 32 heavy (non-hydrogen) atoms. The maximum absolute atomic E-state index is 2.47. The van der Waals surface area contributed by atoms with Crippen molar-refractivity contribution in [1.82, 2.24) is 0 Å². The van der Waals surface area contributed by atoms with Gasteiger partial charge in [0.15, 0.2) is 0 Å². The van der Waals surface area contributed by atoms with Crippen LogP contribution in [0.3, 0.4) is 0 Å². The monoisotopic (exact) mass is 404 g/mol. The molecule has 2 aliphatic carbocycles. The van der Waals surface area contributed by atoms with E-state index in [0.29, 0.717) is 0 Å². The first kappa shape index (κ1) is 16.8. The Kier molecular flexibility index (Phi) is 3.07. The molecular weight excluding hydrogens is 384 g/mol. The van der Waals surface area contributed by atoms with Crippen molar-refractivity contribution in [2.45, 2.75) is 12.8 Å². The van der Waals surface area contributed by atoms with Gasteiger partial charge in [0.25, 0.3) is 0 Å². The molecule has 0 saturated heterocycles. The van der Waals surface area contributed by atoms with Gasteiger partial charge in [-0.05, 0) is 102 Å². The lowest BCUT2D eigenvalue weighted by molar-refractivity contribution is 1.27. The van der Waals surface area contributed by atoms with Gasteiger partial charge in [0.2, 0.25) is 0 Å². The second kappa shape index (κ2) is 5.87. The van der Waals surface area contributed by atoms with E-state index in [4.69, 9.17) is 0 Å². The number of benzene rings is 6. The Morgan fingerprint density at radius 2 is 1.00 bits per heavy atom. The van der Waals surface area contributed by atoms with Crippen LogP contribution in [0.5, 0.6) is 0 Å². The largest absolute Gasteiger partial charge is 0.0619 e. The van der Waals surface area contributed by atoms with E-state index < -0.39 is 0 Å². The predicted molar refractivity (Wildman–Crippen MR) is 135 cm³/mol. The highest BCUT2D eigenvalue weighted by molar-refractivity contribution is 6.29. The Bertz CT molecular complexity index is 1770. The lowest BCUT2D eigenvalue weighted by atomic mass is 9.87. The Morgan fingerprint density at radius 1 is 0.375 bits per heavy atom. The fraction of sp³-hybridized carbons (Fsp3) is 0.0625. The standard InChI is InChI=1S/C32H20/c1-3-9-23-19(7-1)16-22-17-29-25-11-5-6-12-26(25)32-27(30(29)18-28(22)23)14-13-21-15-20-8-2-4-10-24(20)31(21)32/h1-14,17-18H,15-16H2. The Morgan fingerprint density at radius 3 is 1.88 bits per heavy atom. The van der Waals surface area contributed by atoms with E-state index in [0.717, 1.165) is 12.8 Å². The van der Waals surface area contributed by atoms with E-state index >= 15 is 0 Å². The van der Waals surface area contributed by atoms with Gasteiger partial charge in [-0.1, -0.05) is 84.9 Å². The van der Waals surface area contributed by atoms with Gasteiger partial charge in [-0.25, -0.2) is 0 Å². The summed E-state index contributed by atoms with van der Waals surface area (Å²) in [6.07, 6.45) is 2.07. The van der Waals surface area contributed by atoms with Crippen molar-refractivity contribution in [3.63, 3.8) is 0 Å². The highest BCUT2D eigenvalue weighted by atomic mass is 14.3. The maximum atomic E-state index is 2.47. The summed E-state index contributed by atoms with van der Waals surface area (Å²) in [5.41, 5.74) is 11.5. The van der Waals surface area contributed by atoms with E-state index in [2.05, 4.69) is 97.1 Å². The van der Waals surface area contributed by atoms with E-state index in [1.54, 1.807) is 0 Å². The van der Waals surface area contributed by atoms with Crippen molar-refractivity contribution in [3.8, 4) is 22.3 Å². The Labute approximate surface area is 186 Å². The summed E-state index contributed by atoms with van der Waals surface area (Å²) in [7, 11) is 0. The third-order valence-corrected chi connectivity index (χ3v) is 7.67. The lowest BCUT2D eigenvalue weighted by Gasteiger charge is -2.16. The second-order valence-corrected chi connectivity index (χ2v) is 9.29. The molecule has 0 bridgehead atoms. The molecule has 0 unspecified atom stereocenters. The first-order chi connectivity index (χ1) is 15.9. The molecule has 148 valence electrons. The van der Waals surface area contributed by atoms with Crippen molar-refractivity contribution in [2.24, 2.45) is 0 Å². The third-order valence-electron chi connectivity index (χ3n) is 7.67. The molecule has 0 aliphatic heterocycles. The molecular formula is C32H20. The number of hydrogen-bond acceptors (Lipinski definition) is 0. The number of hydrogen-bond donors (Lipinski definition) is 0. The summed E-state index contributed by atoms with van der Waals surface area (Å²) < 4.78 is 0. The molecule has 0 fully saturated rings. The van der Waals surface area contributed by atoms with E-state index in [-0.39, 0.29) is 0 Å². The first-order valence-corrected chi connectivity index (χ1v) is 11.5. The molecule has 0 heterocycles. The van der Waals surface area contributed by atoms with Crippen LogP contribution in [0.4, 0.5) is 0 Å². The molecule has 0 spiro atoms. The van der Waals surface area contributed by atoms with Crippen LogP contribution in [0.1, 0.15) is 22.3 Å². The van der Waals surface area contributed by atoms with Crippen molar-refractivity contribution < 1.29 is 0 Å². The van der Waals surface area contributed by atoms with Crippen molar-refractivity contribution in [2.75, 3.05) is 0 Å². The molecule has 0 amide bonds. The van der Waals surface area contributed by atoms with Crippen molar-refractivity contribution in [1.29, 1.82) is 0 Å². The SMILES string of the molecule is c1ccc2c(c1)Cc1cc3c4ccccc4c4c5c(ccc4c3cc1-2)Cc1ccccc1-5. The molecule has 2 aliphatic rings. The number of fused-ring (bicyclic) bond motifs is 13. The van der Waals surface area contributed by atoms with Crippen LogP contribution < -0.4 is 0 Å². The van der Waals surface area contributed by atoms with Gasteiger partial charge in [-0.15, -0.1) is 0 Å². The minimum atomic E-state index is 1.03. The average molecular weight is 405 g/mol. The smallest absolute Gasteiger partial charge is 0.00132 e. The van der Waals surface area contributed by atoms with Gasteiger partial charge in [-0.3, -0.25) is 0 Å². The molecule has 0 N–H and O–H groups in total. The summed E-state index contributed by atoms with van der Waals surface area (Å²) in [5.74, 6) is 0. The van der Waals surface area contributed by atoms with Crippen LogP contribution in [0.15, 0.2) is 97.1 Å². The van der Waals surface area contributed by atoms with Crippen molar-refractivity contribution in [3.05, 3.63) is 119 Å². The van der Waals surface area contributed by atoms with Crippen LogP contribution in [0.2, 0.25) is 0 Å². The maximum Gasteiger partial charge on any atom is -0.00132 e. The second-order valence-electron chi connectivity index (χ2n) is 9.29. The quantitative estimate of drug-likeness (QED) is 0.223. The van der Waals surface area contributed by atoms with E-state index in [1.807, 2.05) is 0 Å². The molecule has 8 rings (SSSR count). The fourth-order valence-corrected chi connectivity index (χ4v) is 6.29. The zero-order chi connectivity index (χ0) is 20.8. The molecule has 0 atom stereocenters. The lowest BCUT2D eigenvalue weighted by Crippen LogP contribution is -1.90. The van der Waals surface area contributed by atoms with Gasteiger partial charge in [-0.2, -0.15) is 0 Å². The van der Waals surface area contributed by atoms with Crippen LogP contribution in [-0.2, 0) is 12.8 Å². The summed E-state index contributed by atoms with van der Waals surface area (Å²) >= 11 is 0. The molecule has 6 aromatic carbocycles. The molecule has 0 aromatic heterocycles. The van der Waals surface area contributed by atoms with Crippen LogP contribution >= 0.6 is 0 Å².